The zero-order valence-corrected chi connectivity index (χ0v) is 9.34. The Hall–Kier alpha value is -0.0800. The fourth-order valence-electron chi connectivity index (χ4n) is 2.03. The molecule has 1 aliphatic heterocycles. The van der Waals surface area contributed by atoms with Crippen molar-refractivity contribution in [2.24, 2.45) is 5.92 Å². The van der Waals surface area contributed by atoms with E-state index < -0.39 is 0 Å². The van der Waals surface area contributed by atoms with E-state index in [2.05, 4.69) is 31.0 Å². The second kappa shape index (κ2) is 5.61. The molecule has 1 heterocycles. The average Bonchev–Trinajstić information content (AvgIpc) is 2.17. The molecule has 1 aliphatic rings. The normalized spacial score (nSPS) is 25.4. The topological polar surface area (TPSA) is 15.3 Å². The molecule has 0 aromatic rings. The van der Waals surface area contributed by atoms with Crippen molar-refractivity contribution < 1.29 is 0 Å². The van der Waals surface area contributed by atoms with Crippen molar-refractivity contribution in [3.05, 3.63) is 0 Å². The van der Waals surface area contributed by atoms with E-state index in [1.54, 1.807) is 0 Å². The molecule has 0 spiro atoms. The van der Waals surface area contributed by atoms with Crippen molar-refractivity contribution in [2.75, 3.05) is 26.2 Å². The minimum absolute atomic E-state index is 0.731. The van der Waals surface area contributed by atoms with Crippen LogP contribution in [0.3, 0.4) is 0 Å². The Morgan fingerprint density at radius 3 is 2.62 bits per heavy atom. The zero-order chi connectivity index (χ0) is 9.68. The van der Waals surface area contributed by atoms with Crippen molar-refractivity contribution in [3.63, 3.8) is 0 Å². The van der Waals surface area contributed by atoms with Crippen molar-refractivity contribution in [3.8, 4) is 0 Å². The summed E-state index contributed by atoms with van der Waals surface area (Å²) < 4.78 is 0. The van der Waals surface area contributed by atoms with E-state index in [4.69, 9.17) is 0 Å². The highest BCUT2D eigenvalue weighted by Crippen LogP contribution is 2.12. The molecule has 13 heavy (non-hydrogen) atoms. The van der Waals surface area contributed by atoms with Crippen LogP contribution in [0.25, 0.3) is 0 Å². The number of rotatable bonds is 4. The Morgan fingerprint density at radius 1 is 1.38 bits per heavy atom. The molecule has 1 fully saturated rings. The molecule has 2 heteroatoms. The van der Waals surface area contributed by atoms with E-state index in [1.165, 1.54) is 39.0 Å². The minimum Gasteiger partial charge on any atom is -0.314 e. The number of nitrogens with zero attached hydrogens (tertiary/aromatic N) is 1. The monoisotopic (exact) mass is 184 g/mol. The molecule has 1 N–H and O–H groups in total. The molecule has 0 saturated carbocycles. The number of hydrogen-bond donors (Lipinski definition) is 1. The predicted octanol–water partition coefficient (Wildman–Crippen LogP) is 1.72. The fraction of sp³-hybridized carbons (Fsp3) is 1.00. The Labute approximate surface area is 82.7 Å². The Kier molecular flexibility index (Phi) is 4.74. The highest BCUT2D eigenvalue weighted by atomic mass is 15.2. The molecule has 1 rings (SSSR count). The molecule has 0 aromatic heterocycles. The lowest BCUT2D eigenvalue weighted by Crippen LogP contribution is -2.51. The Morgan fingerprint density at radius 2 is 2.08 bits per heavy atom. The summed E-state index contributed by atoms with van der Waals surface area (Å²) in [7, 11) is 0. The number of hydrogen-bond acceptors (Lipinski definition) is 2. The maximum Gasteiger partial charge on any atom is 0.0193 e. The molecule has 1 unspecified atom stereocenters. The molecular weight excluding hydrogens is 160 g/mol. The summed E-state index contributed by atoms with van der Waals surface area (Å²) in [4.78, 5) is 2.63. The molecule has 1 atom stereocenters. The second-order valence-electron chi connectivity index (χ2n) is 4.23. The van der Waals surface area contributed by atoms with Crippen LogP contribution >= 0.6 is 0 Å². The van der Waals surface area contributed by atoms with E-state index >= 15 is 0 Å². The molecule has 2 nitrogen and oxygen atoms in total. The average molecular weight is 184 g/mol. The first-order valence-electron chi connectivity index (χ1n) is 5.72. The van der Waals surface area contributed by atoms with Crippen LogP contribution in [-0.4, -0.2) is 37.1 Å². The first-order valence-corrected chi connectivity index (χ1v) is 5.72. The number of nitrogens with one attached hydrogen (secondary N) is 1. The van der Waals surface area contributed by atoms with Gasteiger partial charge in [-0.05, 0) is 12.8 Å². The van der Waals surface area contributed by atoms with Gasteiger partial charge in [0.15, 0.2) is 0 Å². The summed E-state index contributed by atoms with van der Waals surface area (Å²) >= 11 is 0. The lowest BCUT2D eigenvalue weighted by Gasteiger charge is -2.36. The van der Waals surface area contributed by atoms with Gasteiger partial charge in [0.2, 0.25) is 0 Å². The maximum absolute atomic E-state index is 3.43. The maximum atomic E-state index is 3.43. The molecule has 0 radical (unpaired) electrons. The van der Waals surface area contributed by atoms with Gasteiger partial charge in [-0.25, -0.2) is 0 Å². The Bertz CT molecular complexity index is 132. The molecule has 0 aromatic carbocycles. The van der Waals surface area contributed by atoms with E-state index in [0.717, 1.165) is 12.0 Å². The van der Waals surface area contributed by atoms with Gasteiger partial charge in [-0.15, -0.1) is 0 Å². The first-order chi connectivity index (χ1) is 6.27. The van der Waals surface area contributed by atoms with Crippen LogP contribution in [-0.2, 0) is 0 Å². The van der Waals surface area contributed by atoms with Crippen LogP contribution < -0.4 is 5.32 Å². The lowest BCUT2D eigenvalue weighted by molar-refractivity contribution is 0.144. The SMILES string of the molecule is CCC(CC)CN1CCNCC1C. The summed E-state index contributed by atoms with van der Waals surface area (Å²) in [6, 6.07) is 0.731. The van der Waals surface area contributed by atoms with Gasteiger partial charge in [0.05, 0.1) is 0 Å². The molecule has 0 amide bonds. The van der Waals surface area contributed by atoms with Crippen molar-refractivity contribution >= 4 is 0 Å². The first kappa shape index (κ1) is 11.0. The summed E-state index contributed by atoms with van der Waals surface area (Å²) in [5.74, 6) is 0.903. The highest BCUT2D eigenvalue weighted by Gasteiger charge is 2.19. The highest BCUT2D eigenvalue weighted by molar-refractivity contribution is 4.77. The smallest absolute Gasteiger partial charge is 0.0193 e. The zero-order valence-electron chi connectivity index (χ0n) is 9.34. The quantitative estimate of drug-likeness (QED) is 0.715. The van der Waals surface area contributed by atoms with Crippen LogP contribution in [0.2, 0.25) is 0 Å². The molecule has 0 bridgehead atoms. The third-order valence-electron chi connectivity index (χ3n) is 3.29. The van der Waals surface area contributed by atoms with E-state index in [9.17, 15) is 0 Å². The third-order valence-corrected chi connectivity index (χ3v) is 3.29. The number of piperazine rings is 1. The van der Waals surface area contributed by atoms with Gasteiger partial charge in [0.1, 0.15) is 0 Å². The van der Waals surface area contributed by atoms with Gasteiger partial charge in [-0.1, -0.05) is 26.7 Å². The fourth-order valence-corrected chi connectivity index (χ4v) is 2.03. The third kappa shape index (κ3) is 3.28. The van der Waals surface area contributed by atoms with Crippen LogP contribution in [0, 0.1) is 5.92 Å². The molecular formula is C11H24N2. The van der Waals surface area contributed by atoms with Crippen LogP contribution in [0.1, 0.15) is 33.6 Å². The predicted molar refractivity (Wildman–Crippen MR) is 58.0 cm³/mol. The van der Waals surface area contributed by atoms with Gasteiger partial charge in [0.25, 0.3) is 0 Å². The van der Waals surface area contributed by atoms with Gasteiger partial charge >= 0.3 is 0 Å². The largest absolute Gasteiger partial charge is 0.314 e. The van der Waals surface area contributed by atoms with Crippen molar-refractivity contribution in [2.45, 2.75) is 39.7 Å². The second-order valence-corrected chi connectivity index (χ2v) is 4.23. The summed E-state index contributed by atoms with van der Waals surface area (Å²) in [6.45, 7) is 11.8. The van der Waals surface area contributed by atoms with Crippen molar-refractivity contribution in [1.82, 2.24) is 10.2 Å². The van der Waals surface area contributed by atoms with E-state index in [-0.39, 0.29) is 0 Å². The summed E-state index contributed by atoms with van der Waals surface area (Å²) in [5, 5.41) is 3.43. The van der Waals surface area contributed by atoms with Crippen molar-refractivity contribution in [1.29, 1.82) is 0 Å². The molecule has 78 valence electrons. The van der Waals surface area contributed by atoms with Crippen LogP contribution in [0.15, 0.2) is 0 Å². The Balaban J connectivity index is 2.32. The van der Waals surface area contributed by atoms with Gasteiger partial charge in [-0.3, -0.25) is 4.90 Å². The summed E-state index contributed by atoms with van der Waals surface area (Å²) in [6.07, 6.45) is 2.65. The van der Waals surface area contributed by atoms with Gasteiger partial charge in [0, 0.05) is 32.2 Å². The van der Waals surface area contributed by atoms with Gasteiger partial charge in [-0.2, -0.15) is 0 Å². The molecule has 1 saturated heterocycles. The molecule has 0 aliphatic carbocycles. The van der Waals surface area contributed by atoms with Crippen LogP contribution in [0.5, 0.6) is 0 Å². The summed E-state index contributed by atoms with van der Waals surface area (Å²) in [5.41, 5.74) is 0. The standard InChI is InChI=1S/C11H24N2/c1-4-11(5-2)9-13-7-6-12-8-10(13)3/h10-12H,4-9H2,1-3H3. The van der Waals surface area contributed by atoms with E-state index in [1.807, 2.05) is 0 Å². The van der Waals surface area contributed by atoms with Crippen LogP contribution in [0.4, 0.5) is 0 Å². The van der Waals surface area contributed by atoms with E-state index in [0.29, 0.717) is 0 Å². The van der Waals surface area contributed by atoms with Gasteiger partial charge < -0.3 is 5.32 Å². The minimum atomic E-state index is 0.731. The lowest BCUT2D eigenvalue weighted by atomic mass is 10.0.